The molecule has 0 aliphatic heterocycles. The SMILES string of the molecule is CCCCCCOc1cncc(CNC2CC2)n1. The van der Waals surface area contributed by atoms with E-state index in [1.807, 2.05) is 0 Å². The number of hydrogen-bond acceptors (Lipinski definition) is 4. The van der Waals surface area contributed by atoms with Crippen molar-refractivity contribution < 1.29 is 4.74 Å². The monoisotopic (exact) mass is 249 g/mol. The van der Waals surface area contributed by atoms with Gasteiger partial charge in [0.05, 0.1) is 18.5 Å². The van der Waals surface area contributed by atoms with Crippen molar-refractivity contribution in [3.05, 3.63) is 18.1 Å². The van der Waals surface area contributed by atoms with Crippen molar-refractivity contribution >= 4 is 0 Å². The van der Waals surface area contributed by atoms with Crippen molar-refractivity contribution in [3.8, 4) is 5.88 Å². The Morgan fingerprint density at radius 1 is 1.28 bits per heavy atom. The molecule has 4 heteroatoms. The summed E-state index contributed by atoms with van der Waals surface area (Å²) in [4.78, 5) is 8.61. The molecule has 1 N–H and O–H groups in total. The summed E-state index contributed by atoms with van der Waals surface area (Å²) in [7, 11) is 0. The Morgan fingerprint density at radius 3 is 2.94 bits per heavy atom. The van der Waals surface area contributed by atoms with Crippen LogP contribution in [0.2, 0.25) is 0 Å². The molecule has 1 fully saturated rings. The average molecular weight is 249 g/mol. The van der Waals surface area contributed by atoms with Crippen LogP contribution in [0.15, 0.2) is 12.4 Å². The molecule has 0 spiro atoms. The number of nitrogens with zero attached hydrogens (tertiary/aromatic N) is 2. The molecule has 2 rings (SSSR count). The molecule has 1 aliphatic carbocycles. The van der Waals surface area contributed by atoms with Crippen LogP contribution in [0, 0.1) is 0 Å². The van der Waals surface area contributed by atoms with Crippen LogP contribution < -0.4 is 10.1 Å². The van der Waals surface area contributed by atoms with Crippen molar-refractivity contribution in [2.24, 2.45) is 0 Å². The summed E-state index contributed by atoms with van der Waals surface area (Å²) in [5, 5.41) is 3.43. The maximum atomic E-state index is 5.61. The van der Waals surface area contributed by atoms with E-state index in [9.17, 15) is 0 Å². The van der Waals surface area contributed by atoms with Gasteiger partial charge in [-0.05, 0) is 19.3 Å². The van der Waals surface area contributed by atoms with Crippen molar-refractivity contribution in [2.75, 3.05) is 6.61 Å². The molecule has 100 valence electrons. The first-order valence-electron chi connectivity index (χ1n) is 7.05. The summed E-state index contributed by atoms with van der Waals surface area (Å²) in [6, 6.07) is 0.699. The first-order chi connectivity index (χ1) is 8.88. The van der Waals surface area contributed by atoms with Gasteiger partial charge in [0.2, 0.25) is 5.88 Å². The molecule has 0 bridgehead atoms. The molecule has 1 saturated carbocycles. The molecular formula is C14H23N3O. The number of hydrogen-bond donors (Lipinski definition) is 1. The topological polar surface area (TPSA) is 47.0 Å². The third kappa shape index (κ3) is 5.00. The summed E-state index contributed by atoms with van der Waals surface area (Å²) < 4.78 is 5.61. The normalized spacial score (nSPS) is 14.7. The maximum Gasteiger partial charge on any atom is 0.232 e. The van der Waals surface area contributed by atoms with E-state index >= 15 is 0 Å². The lowest BCUT2D eigenvalue weighted by Crippen LogP contribution is -2.16. The van der Waals surface area contributed by atoms with Crippen LogP contribution in [-0.4, -0.2) is 22.6 Å². The van der Waals surface area contributed by atoms with Gasteiger partial charge in [-0.2, -0.15) is 0 Å². The van der Waals surface area contributed by atoms with E-state index in [4.69, 9.17) is 4.74 Å². The van der Waals surface area contributed by atoms with Gasteiger partial charge in [-0.3, -0.25) is 4.98 Å². The number of aromatic nitrogens is 2. The van der Waals surface area contributed by atoms with E-state index in [0.717, 1.165) is 25.3 Å². The van der Waals surface area contributed by atoms with Crippen molar-refractivity contribution in [1.29, 1.82) is 0 Å². The molecule has 0 atom stereocenters. The zero-order valence-electron chi connectivity index (χ0n) is 11.2. The number of nitrogens with one attached hydrogen (secondary N) is 1. The Balaban J connectivity index is 1.68. The van der Waals surface area contributed by atoms with Crippen molar-refractivity contribution in [2.45, 2.75) is 58.0 Å². The van der Waals surface area contributed by atoms with Crippen molar-refractivity contribution in [3.63, 3.8) is 0 Å². The summed E-state index contributed by atoms with van der Waals surface area (Å²) in [6.45, 7) is 3.75. The lowest BCUT2D eigenvalue weighted by atomic mass is 10.2. The minimum absolute atomic E-state index is 0.654. The Labute approximate surface area is 109 Å². The fourth-order valence-corrected chi connectivity index (χ4v) is 1.78. The molecule has 4 nitrogen and oxygen atoms in total. The largest absolute Gasteiger partial charge is 0.477 e. The Bertz CT molecular complexity index is 353. The minimum Gasteiger partial charge on any atom is -0.477 e. The highest BCUT2D eigenvalue weighted by Crippen LogP contribution is 2.19. The van der Waals surface area contributed by atoms with Crippen LogP contribution in [0.3, 0.4) is 0 Å². The summed E-state index contributed by atoms with van der Waals surface area (Å²) in [6.07, 6.45) is 10.9. The molecule has 1 aromatic rings. The third-order valence-electron chi connectivity index (χ3n) is 3.06. The van der Waals surface area contributed by atoms with Gasteiger partial charge in [0.1, 0.15) is 0 Å². The highest BCUT2D eigenvalue weighted by molar-refractivity contribution is 5.08. The Hall–Kier alpha value is -1.16. The smallest absolute Gasteiger partial charge is 0.232 e. The van der Waals surface area contributed by atoms with Crippen LogP contribution in [0.25, 0.3) is 0 Å². The van der Waals surface area contributed by atoms with Gasteiger partial charge in [0.25, 0.3) is 0 Å². The molecule has 1 heterocycles. The van der Waals surface area contributed by atoms with Gasteiger partial charge >= 0.3 is 0 Å². The predicted octanol–water partition coefficient (Wildman–Crippen LogP) is 2.69. The molecule has 0 unspecified atom stereocenters. The zero-order chi connectivity index (χ0) is 12.6. The van der Waals surface area contributed by atoms with Crippen LogP contribution in [-0.2, 0) is 6.54 Å². The van der Waals surface area contributed by atoms with Crippen molar-refractivity contribution in [1.82, 2.24) is 15.3 Å². The number of ether oxygens (including phenoxy) is 1. The van der Waals surface area contributed by atoms with Gasteiger partial charge in [-0.15, -0.1) is 0 Å². The Kier molecular flexibility index (Phi) is 5.39. The molecule has 18 heavy (non-hydrogen) atoms. The molecule has 0 aromatic carbocycles. The quantitative estimate of drug-likeness (QED) is 0.684. The van der Waals surface area contributed by atoms with Gasteiger partial charge in [0.15, 0.2) is 0 Å². The first-order valence-corrected chi connectivity index (χ1v) is 7.05. The van der Waals surface area contributed by atoms with Crippen LogP contribution in [0.5, 0.6) is 5.88 Å². The standard InChI is InChI=1S/C14H23N3O/c1-2-3-4-5-8-18-14-11-15-9-13(17-14)10-16-12-6-7-12/h9,11-12,16H,2-8,10H2,1H3. The zero-order valence-corrected chi connectivity index (χ0v) is 11.2. The lowest BCUT2D eigenvalue weighted by Gasteiger charge is -2.06. The maximum absolute atomic E-state index is 5.61. The Morgan fingerprint density at radius 2 is 2.17 bits per heavy atom. The van der Waals surface area contributed by atoms with Crippen LogP contribution in [0.1, 0.15) is 51.1 Å². The van der Waals surface area contributed by atoms with E-state index in [1.165, 1.54) is 32.1 Å². The van der Waals surface area contributed by atoms with Gasteiger partial charge in [-0.25, -0.2) is 4.98 Å². The molecular weight excluding hydrogens is 226 g/mol. The van der Waals surface area contributed by atoms with E-state index in [1.54, 1.807) is 12.4 Å². The van der Waals surface area contributed by atoms with E-state index in [-0.39, 0.29) is 0 Å². The second-order valence-electron chi connectivity index (χ2n) is 4.91. The molecule has 1 aliphatic rings. The predicted molar refractivity (Wildman–Crippen MR) is 71.5 cm³/mol. The first kappa shape index (κ1) is 13.3. The molecule has 0 amide bonds. The second-order valence-corrected chi connectivity index (χ2v) is 4.91. The van der Waals surface area contributed by atoms with E-state index in [2.05, 4.69) is 22.2 Å². The highest BCUT2D eigenvalue weighted by Gasteiger charge is 2.20. The molecule has 0 radical (unpaired) electrons. The summed E-state index contributed by atoms with van der Waals surface area (Å²) in [5.41, 5.74) is 0.966. The molecule has 0 saturated heterocycles. The number of rotatable bonds is 9. The van der Waals surface area contributed by atoms with E-state index in [0.29, 0.717) is 11.9 Å². The fraction of sp³-hybridized carbons (Fsp3) is 0.714. The van der Waals surface area contributed by atoms with Crippen LogP contribution in [0.4, 0.5) is 0 Å². The van der Waals surface area contributed by atoms with Gasteiger partial charge in [0, 0.05) is 18.8 Å². The van der Waals surface area contributed by atoms with E-state index < -0.39 is 0 Å². The number of unbranched alkanes of at least 4 members (excludes halogenated alkanes) is 3. The van der Waals surface area contributed by atoms with Gasteiger partial charge in [-0.1, -0.05) is 26.2 Å². The van der Waals surface area contributed by atoms with Gasteiger partial charge < -0.3 is 10.1 Å². The summed E-state index contributed by atoms with van der Waals surface area (Å²) in [5.74, 6) is 0.654. The minimum atomic E-state index is 0.654. The highest BCUT2D eigenvalue weighted by atomic mass is 16.5. The average Bonchev–Trinajstić information content (AvgIpc) is 3.21. The molecule has 1 aromatic heterocycles. The fourth-order valence-electron chi connectivity index (χ4n) is 1.78. The second kappa shape index (κ2) is 7.31. The van der Waals surface area contributed by atoms with Crippen LogP contribution >= 0.6 is 0 Å². The summed E-state index contributed by atoms with van der Waals surface area (Å²) >= 11 is 0. The lowest BCUT2D eigenvalue weighted by molar-refractivity contribution is 0.291. The third-order valence-corrected chi connectivity index (χ3v) is 3.06.